The minimum atomic E-state index is 0.414. The monoisotopic (exact) mass is 344 g/mol. The molecule has 0 radical (unpaired) electrons. The molecule has 3 nitrogen and oxygen atoms in total. The standard InChI is InChI=1S/C19H26BClN2O/c1-4-13-12-15(21)8-11-17(13)23-18(5-2)20-22-19(23)14-6-9-16(24-3)10-7-14/h8,11-12,14,16H,4-7,9-10H2,1-3H3. The molecule has 1 aliphatic rings. The summed E-state index contributed by atoms with van der Waals surface area (Å²) < 4.78 is 7.91. The number of benzene rings is 1. The first kappa shape index (κ1) is 17.7. The van der Waals surface area contributed by atoms with Crippen LogP contribution in [0, 0.1) is 0 Å². The molecule has 1 aromatic carbocycles. The third-order valence-corrected chi connectivity index (χ3v) is 5.50. The van der Waals surface area contributed by atoms with Gasteiger partial charge in [0.1, 0.15) is 0 Å². The number of hydrogen-bond donors (Lipinski definition) is 0. The van der Waals surface area contributed by atoms with Gasteiger partial charge in [0.2, 0.25) is 0 Å². The number of nitrogens with zero attached hydrogens (tertiary/aromatic N) is 2. The van der Waals surface area contributed by atoms with Gasteiger partial charge in [0.25, 0.3) is 0 Å². The van der Waals surface area contributed by atoms with Crippen LogP contribution in [0.2, 0.25) is 5.02 Å². The molecule has 1 fully saturated rings. The first-order chi connectivity index (χ1) is 11.7. The van der Waals surface area contributed by atoms with Gasteiger partial charge in [0.05, 0.1) is 0 Å². The second kappa shape index (κ2) is 7.84. The molecule has 24 heavy (non-hydrogen) atoms. The van der Waals surface area contributed by atoms with Gasteiger partial charge in [-0.15, -0.1) is 0 Å². The van der Waals surface area contributed by atoms with Gasteiger partial charge in [-0.2, -0.15) is 0 Å². The molecular weight excluding hydrogens is 318 g/mol. The van der Waals surface area contributed by atoms with Crippen molar-refractivity contribution in [1.82, 2.24) is 9.46 Å². The Kier molecular flexibility index (Phi) is 5.78. The summed E-state index contributed by atoms with van der Waals surface area (Å²) in [5.41, 5.74) is 3.79. The molecule has 0 N–H and O–H groups in total. The van der Waals surface area contributed by atoms with Crippen molar-refractivity contribution in [3.8, 4) is 5.69 Å². The van der Waals surface area contributed by atoms with Gasteiger partial charge in [0, 0.05) is 0 Å². The summed E-state index contributed by atoms with van der Waals surface area (Å²) in [5, 5.41) is 0.802. The first-order valence-corrected chi connectivity index (χ1v) is 9.43. The zero-order valence-electron chi connectivity index (χ0n) is 14.9. The average Bonchev–Trinajstić information content (AvgIpc) is 3.05. The molecular formula is C19H26BClN2O. The van der Waals surface area contributed by atoms with Crippen molar-refractivity contribution in [1.29, 1.82) is 0 Å². The molecule has 0 bridgehead atoms. The normalized spacial score (nSPS) is 21.0. The fraction of sp³-hybridized carbons (Fsp3) is 0.579. The molecule has 0 atom stereocenters. The maximum absolute atomic E-state index is 6.21. The fourth-order valence-corrected chi connectivity index (χ4v) is 4.03. The molecule has 0 saturated heterocycles. The Morgan fingerprint density at radius 3 is 2.58 bits per heavy atom. The second-order valence-corrected chi connectivity index (χ2v) is 7.07. The third kappa shape index (κ3) is 3.45. The van der Waals surface area contributed by atoms with E-state index in [4.69, 9.17) is 21.2 Å². The summed E-state index contributed by atoms with van der Waals surface area (Å²) in [4.78, 5) is 4.82. The number of rotatable bonds is 5. The molecule has 1 aromatic heterocycles. The molecule has 0 aliphatic heterocycles. The van der Waals surface area contributed by atoms with E-state index >= 15 is 0 Å². The third-order valence-electron chi connectivity index (χ3n) is 5.26. The molecule has 0 unspecified atom stereocenters. The Balaban J connectivity index is 2.00. The van der Waals surface area contributed by atoms with Crippen LogP contribution in [0.15, 0.2) is 18.2 Å². The van der Waals surface area contributed by atoms with Crippen LogP contribution in [0.5, 0.6) is 0 Å². The quantitative estimate of drug-likeness (QED) is 0.788. The molecule has 3 rings (SSSR count). The predicted octanol–water partition coefficient (Wildman–Crippen LogP) is 4.66. The van der Waals surface area contributed by atoms with E-state index in [0.717, 1.165) is 43.5 Å². The SMILES string of the molecule is CCc1cc(Cl)ccc1-n1c(CC)bnc1C1CCC(OC)CC1. The van der Waals surface area contributed by atoms with E-state index in [1.807, 2.05) is 20.2 Å². The van der Waals surface area contributed by atoms with Crippen LogP contribution in [0.4, 0.5) is 0 Å². The number of halogens is 1. The second-order valence-electron chi connectivity index (χ2n) is 6.63. The maximum atomic E-state index is 6.21. The Hall–Kier alpha value is -1.13. The van der Waals surface area contributed by atoms with Gasteiger partial charge in [0.15, 0.2) is 0 Å². The summed E-state index contributed by atoms with van der Waals surface area (Å²) in [5.74, 6) is 1.72. The number of ether oxygens (including phenoxy) is 1. The van der Waals surface area contributed by atoms with Gasteiger partial charge in [-0.1, -0.05) is 0 Å². The molecule has 0 spiro atoms. The number of aryl methyl sites for hydroxylation is 2. The van der Waals surface area contributed by atoms with Crippen molar-refractivity contribution < 1.29 is 4.74 Å². The van der Waals surface area contributed by atoms with E-state index in [0.29, 0.717) is 12.0 Å². The van der Waals surface area contributed by atoms with Gasteiger partial charge in [-0.3, -0.25) is 0 Å². The van der Waals surface area contributed by atoms with Crippen LogP contribution in [0.1, 0.15) is 62.4 Å². The van der Waals surface area contributed by atoms with Gasteiger partial charge in [-0.05, 0) is 0 Å². The van der Waals surface area contributed by atoms with Gasteiger partial charge >= 0.3 is 150 Å². The molecule has 128 valence electrons. The van der Waals surface area contributed by atoms with Crippen LogP contribution in [0.3, 0.4) is 0 Å². The Morgan fingerprint density at radius 1 is 1.21 bits per heavy atom. The van der Waals surface area contributed by atoms with Crippen molar-refractivity contribution in [2.45, 2.75) is 64.4 Å². The number of hydrogen-bond acceptors (Lipinski definition) is 2. The Labute approximate surface area is 150 Å². The van der Waals surface area contributed by atoms with Crippen LogP contribution in [0.25, 0.3) is 5.69 Å². The zero-order chi connectivity index (χ0) is 17.1. The van der Waals surface area contributed by atoms with Crippen molar-refractivity contribution in [2.75, 3.05) is 7.11 Å². The van der Waals surface area contributed by atoms with E-state index in [1.54, 1.807) is 0 Å². The van der Waals surface area contributed by atoms with Crippen LogP contribution < -0.4 is 0 Å². The Bertz CT molecular complexity index is 693. The number of methoxy groups -OCH3 is 1. The van der Waals surface area contributed by atoms with Crippen molar-refractivity contribution in [2.24, 2.45) is 0 Å². The number of aromatic nitrogens is 2. The van der Waals surface area contributed by atoms with Crippen LogP contribution in [-0.2, 0) is 17.6 Å². The summed E-state index contributed by atoms with van der Waals surface area (Å²) >= 11 is 6.21. The molecule has 1 saturated carbocycles. The topological polar surface area (TPSA) is 27.1 Å². The van der Waals surface area contributed by atoms with Crippen molar-refractivity contribution in [3.05, 3.63) is 40.2 Å². The van der Waals surface area contributed by atoms with Crippen molar-refractivity contribution >= 4 is 18.7 Å². The summed E-state index contributed by atoms with van der Waals surface area (Å²) in [6.45, 7) is 4.38. The van der Waals surface area contributed by atoms with Gasteiger partial charge < -0.3 is 0 Å². The summed E-state index contributed by atoms with van der Waals surface area (Å²) in [6.07, 6.45) is 6.89. The summed E-state index contributed by atoms with van der Waals surface area (Å²) in [7, 11) is 3.87. The van der Waals surface area contributed by atoms with Crippen LogP contribution >= 0.6 is 11.6 Å². The van der Waals surface area contributed by atoms with Crippen molar-refractivity contribution in [3.63, 3.8) is 0 Å². The first-order valence-electron chi connectivity index (χ1n) is 9.06. The molecule has 5 heteroatoms. The van der Waals surface area contributed by atoms with E-state index in [2.05, 4.69) is 30.5 Å². The molecule has 1 aliphatic carbocycles. The van der Waals surface area contributed by atoms with E-state index in [9.17, 15) is 0 Å². The summed E-state index contributed by atoms with van der Waals surface area (Å²) in [6, 6.07) is 6.22. The predicted molar refractivity (Wildman–Crippen MR) is 101 cm³/mol. The zero-order valence-corrected chi connectivity index (χ0v) is 15.6. The van der Waals surface area contributed by atoms with E-state index in [1.165, 1.54) is 22.7 Å². The average molecular weight is 345 g/mol. The van der Waals surface area contributed by atoms with Crippen LogP contribution in [-0.4, -0.2) is 29.7 Å². The minimum absolute atomic E-state index is 0.414. The van der Waals surface area contributed by atoms with E-state index < -0.39 is 0 Å². The molecule has 0 amide bonds. The van der Waals surface area contributed by atoms with Gasteiger partial charge in [-0.25, -0.2) is 0 Å². The molecule has 1 heterocycles. The fourth-order valence-electron chi connectivity index (χ4n) is 3.83. The molecule has 2 aromatic rings. The van der Waals surface area contributed by atoms with E-state index in [-0.39, 0.29) is 0 Å². The Morgan fingerprint density at radius 2 is 1.96 bits per heavy atom.